The third-order valence-electron chi connectivity index (χ3n) is 2.45. The van der Waals surface area contributed by atoms with Crippen molar-refractivity contribution in [1.29, 1.82) is 0 Å². The number of carbonyl (C=O) groups excluding carboxylic acids is 1. The summed E-state index contributed by atoms with van der Waals surface area (Å²) in [6, 6.07) is 3.13. The zero-order valence-electron chi connectivity index (χ0n) is 10.7. The van der Waals surface area contributed by atoms with Crippen molar-refractivity contribution in [2.24, 2.45) is 0 Å². The molecule has 0 aliphatic rings. The molecule has 0 bridgehead atoms. The van der Waals surface area contributed by atoms with Crippen LogP contribution < -0.4 is 0 Å². The Labute approximate surface area is 109 Å². The van der Waals surface area contributed by atoms with Crippen molar-refractivity contribution in [3.05, 3.63) is 29.6 Å². The Bertz CT molecular complexity index is 418. The number of methoxy groups -OCH3 is 1. The van der Waals surface area contributed by atoms with Crippen molar-refractivity contribution in [1.82, 2.24) is 9.88 Å². The highest BCUT2D eigenvalue weighted by Crippen LogP contribution is 2.19. The Hall–Kier alpha value is -1.63. The van der Waals surface area contributed by atoms with Crippen LogP contribution >= 0.6 is 0 Å². The fraction of sp³-hybridized carbons (Fsp3) is 0.500. The number of ether oxygens (including phenoxy) is 1. The van der Waals surface area contributed by atoms with Crippen LogP contribution in [0.15, 0.2) is 18.3 Å². The summed E-state index contributed by atoms with van der Waals surface area (Å²) < 4.78 is 40.6. The summed E-state index contributed by atoms with van der Waals surface area (Å²) in [5, 5.41) is 0. The highest BCUT2D eigenvalue weighted by Gasteiger charge is 2.27. The van der Waals surface area contributed by atoms with E-state index in [0.29, 0.717) is 11.3 Å². The minimum atomic E-state index is -4.16. The predicted octanol–water partition coefficient (Wildman–Crippen LogP) is 2.25. The molecule has 0 saturated heterocycles. The van der Waals surface area contributed by atoms with Gasteiger partial charge in [0.15, 0.2) is 0 Å². The largest absolute Gasteiger partial charge is 0.465 e. The second kappa shape index (κ2) is 6.51. The lowest BCUT2D eigenvalue weighted by atomic mass is 10.2. The van der Waals surface area contributed by atoms with Gasteiger partial charge in [0.2, 0.25) is 0 Å². The molecular formula is C12H15F3N2O2. The third-order valence-corrected chi connectivity index (χ3v) is 2.45. The standard InChI is InChI=1S/C12H15F3N2O2/c1-17(6-5-12(13,14)15)8-10-4-3-9(7-16-10)11(18)19-2/h3-4,7H,5-6,8H2,1-2H3. The van der Waals surface area contributed by atoms with E-state index in [1.165, 1.54) is 24.3 Å². The van der Waals surface area contributed by atoms with E-state index in [9.17, 15) is 18.0 Å². The van der Waals surface area contributed by atoms with Gasteiger partial charge in [-0.25, -0.2) is 4.79 Å². The van der Waals surface area contributed by atoms with Gasteiger partial charge in [0.1, 0.15) is 0 Å². The Morgan fingerprint density at radius 3 is 2.58 bits per heavy atom. The molecule has 1 rings (SSSR count). The smallest absolute Gasteiger partial charge is 0.390 e. The highest BCUT2D eigenvalue weighted by molar-refractivity contribution is 5.88. The van der Waals surface area contributed by atoms with Crippen LogP contribution in [0.5, 0.6) is 0 Å². The zero-order valence-corrected chi connectivity index (χ0v) is 10.7. The molecule has 0 saturated carbocycles. The summed E-state index contributed by atoms with van der Waals surface area (Å²) in [6.45, 7) is 0.196. The van der Waals surface area contributed by atoms with Crippen molar-refractivity contribution >= 4 is 5.97 Å². The van der Waals surface area contributed by atoms with E-state index in [1.807, 2.05) is 0 Å². The maximum absolute atomic E-state index is 12.0. The number of esters is 1. The molecule has 0 fully saturated rings. The molecule has 0 aliphatic heterocycles. The molecule has 1 heterocycles. The molecule has 106 valence electrons. The van der Waals surface area contributed by atoms with Gasteiger partial charge < -0.3 is 9.64 Å². The molecule has 0 atom stereocenters. The number of carbonyl (C=O) groups is 1. The molecule has 1 aromatic rings. The zero-order chi connectivity index (χ0) is 14.5. The van der Waals surface area contributed by atoms with E-state index in [1.54, 1.807) is 13.1 Å². The average Bonchev–Trinajstić information content (AvgIpc) is 2.35. The van der Waals surface area contributed by atoms with Crippen molar-refractivity contribution in [3.8, 4) is 0 Å². The number of pyridine rings is 1. The first-order chi connectivity index (χ1) is 8.81. The number of halogens is 3. The number of hydrogen-bond donors (Lipinski definition) is 0. The predicted molar refractivity (Wildman–Crippen MR) is 62.6 cm³/mol. The highest BCUT2D eigenvalue weighted by atomic mass is 19.4. The summed E-state index contributed by atoms with van der Waals surface area (Å²) in [6.07, 6.45) is -3.67. The van der Waals surface area contributed by atoms with Gasteiger partial charge in [-0.2, -0.15) is 13.2 Å². The maximum Gasteiger partial charge on any atom is 0.390 e. The summed E-state index contributed by atoms with van der Waals surface area (Å²) in [5.74, 6) is -0.496. The fourth-order valence-electron chi connectivity index (χ4n) is 1.43. The van der Waals surface area contributed by atoms with Crippen LogP contribution in [0.3, 0.4) is 0 Å². The van der Waals surface area contributed by atoms with Gasteiger partial charge in [-0.3, -0.25) is 4.98 Å². The molecule has 0 aromatic carbocycles. The van der Waals surface area contributed by atoms with Crippen LogP contribution in [0.2, 0.25) is 0 Å². The van der Waals surface area contributed by atoms with Crippen LogP contribution in [-0.4, -0.2) is 42.7 Å². The average molecular weight is 276 g/mol. The quantitative estimate of drug-likeness (QED) is 0.774. The Balaban J connectivity index is 2.51. The van der Waals surface area contributed by atoms with Crippen molar-refractivity contribution in [2.75, 3.05) is 20.7 Å². The minimum Gasteiger partial charge on any atom is -0.465 e. The van der Waals surface area contributed by atoms with E-state index < -0.39 is 18.6 Å². The first-order valence-electron chi connectivity index (χ1n) is 5.60. The third kappa shape index (κ3) is 5.69. The summed E-state index contributed by atoms with van der Waals surface area (Å²) in [5.41, 5.74) is 0.904. The van der Waals surface area contributed by atoms with Crippen LogP contribution in [0, 0.1) is 0 Å². The number of nitrogens with zero attached hydrogens (tertiary/aromatic N) is 2. The molecule has 0 radical (unpaired) electrons. The Morgan fingerprint density at radius 2 is 2.11 bits per heavy atom. The molecule has 19 heavy (non-hydrogen) atoms. The van der Waals surface area contributed by atoms with E-state index in [-0.39, 0.29) is 13.1 Å². The van der Waals surface area contributed by atoms with Gasteiger partial charge in [0, 0.05) is 19.3 Å². The molecule has 1 aromatic heterocycles. The molecular weight excluding hydrogens is 261 g/mol. The van der Waals surface area contributed by atoms with Crippen LogP contribution in [-0.2, 0) is 11.3 Å². The van der Waals surface area contributed by atoms with Crippen LogP contribution in [0.1, 0.15) is 22.5 Å². The lowest BCUT2D eigenvalue weighted by Gasteiger charge is -2.17. The molecule has 0 aliphatic carbocycles. The first-order valence-corrected chi connectivity index (χ1v) is 5.60. The maximum atomic E-state index is 12.0. The van der Waals surface area contributed by atoms with Crippen molar-refractivity contribution in [2.45, 2.75) is 19.1 Å². The van der Waals surface area contributed by atoms with Gasteiger partial charge in [-0.15, -0.1) is 0 Å². The lowest BCUT2D eigenvalue weighted by molar-refractivity contribution is -0.137. The van der Waals surface area contributed by atoms with E-state index >= 15 is 0 Å². The Morgan fingerprint density at radius 1 is 1.42 bits per heavy atom. The monoisotopic (exact) mass is 276 g/mol. The summed E-state index contributed by atoms with van der Waals surface area (Å²) in [7, 11) is 2.85. The van der Waals surface area contributed by atoms with Crippen LogP contribution in [0.25, 0.3) is 0 Å². The number of hydrogen-bond acceptors (Lipinski definition) is 4. The number of aromatic nitrogens is 1. The van der Waals surface area contributed by atoms with Gasteiger partial charge in [-0.1, -0.05) is 0 Å². The molecule has 0 unspecified atom stereocenters. The first kappa shape index (κ1) is 15.4. The summed E-state index contributed by atoms with van der Waals surface area (Å²) >= 11 is 0. The Kier molecular flexibility index (Phi) is 5.29. The second-order valence-corrected chi connectivity index (χ2v) is 4.13. The molecule has 0 N–H and O–H groups in total. The normalized spacial score (nSPS) is 11.7. The molecule has 4 nitrogen and oxygen atoms in total. The van der Waals surface area contributed by atoms with Crippen molar-refractivity contribution < 1.29 is 22.7 Å². The van der Waals surface area contributed by atoms with E-state index in [2.05, 4.69) is 9.72 Å². The van der Waals surface area contributed by atoms with Crippen molar-refractivity contribution in [3.63, 3.8) is 0 Å². The second-order valence-electron chi connectivity index (χ2n) is 4.13. The van der Waals surface area contributed by atoms with Gasteiger partial charge in [0.25, 0.3) is 0 Å². The molecule has 7 heteroatoms. The number of alkyl halides is 3. The van der Waals surface area contributed by atoms with E-state index in [4.69, 9.17) is 0 Å². The van der Waals surface area contributed by atoms with Gasteiger partial charge >= 0.3 is 12.1 Å². The van der Waals surface area contributed by atoms with Gasteiger partial charge in [-0.05, 0) is 19.2 Å². The summed E-state index contributed by atoms with van der Waals surface area (Å²) in [4.78, 5) is 16.7. The SMILES string of the molecule is COC(=O)c1ccc(CN(C)CCC(F)(F)F)nc1. The lowest BCUT2D eigenvalue weighted by Crippen LogP contribution is -2.24. The van der Waals surface area contributed by atoms with E-state index in [0.717, 1.165) is 0 Å². The van der Waals surface area contributed by atoms with Crippen LogP contribution in [0.4, 0.5) is 13.2 Å². The van der Waals surface area contributed by atoms with Gasteiger partial charge in [0.05, 0.1) is 24.8 Å². The number of rotatable bonds is 5. The fourth-order valence-corrected chi connectivity index (χ4v) is 1.43. The topological polar surface area (TPSA) is 42.4 Å². The minimum absolute atomic E-state index is 0.0933. The molecule has 0 amide bonds. The molecule has 0 spiro atoms.